The predicted molar refractivity (Wildman–Crippen MR) is 287 cm³/mol. The Balaban J connectivity index is 0.911. The second kappa shape index (κ2) is 17.3. The van der Waals surface area contributed by atoms with Gasteiger partial charge in [-0.25, -0.2) is 19.9 Å². The van der Waals surface area contributed by atoms with Crippen LogP contribution < -0.4 is 0 Å². The first-order valence-electron chi connectivity index (χ1n) is 23.4. The molecule has 0 aliphatic heterocycles. The van der Waals surface area contributed by atoms with Crippen molar-refractivity contribution in [1.29, 1.82) is 0 Å². The van der Waals surface area contributed by atoms with Gasteiger partial charge < -0.3 is 0 Å². The molecule has 0 fully saturated rings. The summed E-state index contributed by atoms with van der Waals surface area (Å²) in [4.78, 5) is 30.5. The normalized spacial score (nSPS) is 11.4. The third kappa shape index (κ3) is 7.89. The van der Waals surface area contributed by atoms with E-state index in [2.05, 4.69) is 194 Å². The van der Waals surface area contributed by atoms with Gasteiger partial charge in [-0.3, -0.25) is 9.97 Å². The lowest BCUT2D eigenvalue weighted by Crippen LogP contribution is -1.98. The van der Waals surface area contributed by atoms with Gasteiger partial charge in [-0.15, -0.1) is 0 Å². The molecule has 13 rings (SSSR count). The summed E-state index contributed by atoms with van der Waals surface area (Å²) >= 11 is 0. The van der Waals surface area contributed by atoms with Crippen molar-refractivity contribution in [2.45, 2.75) is 0 Å². The number of rotatable bonds is 8. The van der Waals surface area contributed by atoms with E-state index in [4.69, 9.17) is 29.9 Å². The van der Waals surface area contributed by atoms with Gasteiger partial charge in [0.25, 0.3) is 0 Å². The van der Waals surface area contributed by atoms with Gasteiger partial charge >= 0.3 is 0 Å². The minimum Gasteiger partial charge on any atom is -0.256 e. The molecule has 0 saturated carbocycles. The molecule has 6 nitrogen and oxygen atoms in total. The fourth-order valence-electron chi connectivity index (χ4n) is 9.36. The molecule has 0 radical (unpaired) electrons. The third-order valence-corrected chi connectivity index (χ3v) is 13.1. The Morgan fingerprint density at radius 2 is 0.543 bits per heavy atom. The molecule has 0 aliphatic carbocycles. The number of aromatic nitrogens is 6. The Morgan fingerprint density at radius 3 is 0.986 bits per heavy atom. The molecule has 0 atom stereocenters. The Hall–Kier alpha value is -9.52. The van der Waals surface area contributed by atoms with Crippen LogP contribution in [-0.2, 0) is 0 Å². The summed E-state index contributed by atoms with van der Waals surface area (Å²) in [6.45, 7) is 0. The third-order valence-electron chi connectivity index (χ3n) is 13.1. The molecule has 0 N–H and O–H groups in total. The maximum absolute atomic E-state index is 5.29. The molecule has 0 amide bonds. The van der Waals surface area contributed by atoms with E-state index in [-0.39, 0.29) is 0 Å². The first-order chi connectivity index (χ1) is 34.6. The lowest BCUT2D eigenvalue weighted by molar-refractivity contribution is 1.18. The van der Waals surface area contributed by atoms with Crippen molar-refractivity contribution in [3.8, 4) is 90.1 Å². The van der Waals surface area contributed by atoms with Crippen molar-refractivity contribution >= 4 is 43.4 Å². The van der Waals surface area contributed by atoms with Crippen LogP contribution in [0, 0.1) is 0 Å². The first kappa shape index (κ1) is 40.7. The molecule has 0 spiro atoms. The molecule has 4 aromatic heterocycles. The molecule has 4 heterocycles. The van der Waals surface area contributed by atoms with E-state index in [1.165, 1.54) is 10.8 Å². The van der Waals surface area contributed by atoms with E-state index in [1.807, 2.05) is 48.8 Å². The second-order valence-electron chi connectivity index (χ2n) is 17.6. The minimum absolute atomic E-state index is 0.650. The van der Waals surface area contributed by atoms with Gasteiger partial charge in [-0.1, -0.05) is 176 Å². The maximum atomic E-state index is 5.29. The van der Waals surface area contributed by atoms with Crippen molar-refractivity contribution in [2.75, 3.05) is 0 Å². The van der Waals surface area contributed by atoms with Crippen LogP contribution in [0.4, 0.5) is 0 Å². The summed E-state index contributed by atoms with van der Waals surface area (Å²) in [6.07, 6.45) is 3.88. The van der Waals surface area contributed by atoms with E-state index in [0.717, 1.165) is 111 Å². The van der Waals surface area contributed by atoms with Crippen LogP contribution >= 0.6 is 0 Å². The standard InChI is InChI=1S/C64H40N6/c1-3-12-47-32-53(30-24-41(47)10-1)63-67-59(45-26-20-43(21-27-45)55-35-49-14-5-7-18-57(49)65-39-55)37-61(69-63)51-16-9-17-52(34-51)62-38-60(68-64(70-62)54-31-25-42-11-2-4-13-48(42)33-54)46-28-22-44(23-29-46)56-36-50-15-6-8-19-58(50)66-40-56/h1-40H. The molecule has 6 heteroatoms. The Kier molecular flexibility index (Phi) is 10.1. The fraction of sp³-hybridized carbons (Fsp3) is 0. The summed E-state index contributed by atoms with van der Waals surface area (Å²) in [7, 11) is 0. The van der Waals surface area contributed by atoms with Crippen LogP contribution in [0.3, 0.4) is 0 Å². The number of nitrogens with zero attached hydrogens (tertiary/aromatic N) is 6. The lowest BCUT2D eigenvalue weighted by atomic mass is 9.99. The molecular weight excluding hydrogens is 853 g/mol. The summed E-state index contributed by atoms with van der Waals surface area (Å²) < 4.78 is 0. The van der Waals surface area contributed by atoms with Crippen LogP contribution in [0.1, 0.15) is 0 Å². The van der Waals surface area contributed by atoms with E-state index >= 15 is 0 Å². The molecule has 0 saturated heterocycles. The van der Waals surface area contributed by atoms with Gasteiger partial charge in [0.05, 0.1) is 33.8 Å². The molecule has 13 aromatic rings. The Bertz CT molecular complexity index is 3860. The maximum Gasteiger partial charge on any atom is 0.160 e. The Morgan fingerprint density at radius 1 is 0.200 bits per heavy atom. The van der Waals surface area contributed by atoms with Crippen LogP contribution in [0.25, 0.3) is 133 Å². The average Bonchev–Trinajstić information content (AvgIpc) is 3.44. The second-order valence-corrected chi connectivity index (χ2v) is 17.6. The molecule has 0 unspecified atom stereocenters. The van der Waals surface area contributed by atoms with Crippen molar-refractivity contribution in [3.05, 3.63) is 243 Å². The quantitative estimate of drug-likeness (QED) is 0.151. The summed E-state index contributed by atoms with van der Waals surface area (Å²) in [5.41, 5.74) is 15.3. The van der Waals surface area contributed by atoms with Crippen LogP contribution in [0.15, 0.2) is 243 Å². The summed E-state index contributed by atoms with van der Waals surface area (Å²) in [6, 6.07) is 80.2. The van der Waals surface area contributed by atoms with E-state index in [9.17, 15) is 0 Å². The fourth-order valence-corrected chi connectivity index (χ4v) is 9.36. The minimum atomic E-state index is 0.650. The van der Waals surface area contributed by atoms with Crippen LogP contribution in [0.2, 0.25) is 0 Å². The zero-order chi connectivity index (χ0) is 46.4. The SMILES string of the molecule is c1cc(-c2cc(-c3ccc(-c4cnc5ccccc5c4)cc3)nc(-c3ccc4ccccc4c3)n2)cc(-c2cc(-c3ccc(-c4cnc5ccccc5c4)cc3)nc(-c3ccc4ccccc4c3)n2)c1. The van der Waals surface area contributed by atoms with Gasteiger partial charge in [0.15, 0.2) is 11.6 Å². The number of benzene rings is 9. The monoisotopic (exact) mass is 892 g/mol. The highest BCUT2D eigenvalue weighted by Crippen LogP contribution is 2.35. The molecule has 9 aromatic carbocycles. The predicted octanol–water partition coefficient (Wildman–Crippen LogP) is 16.0. The smallest absolute Gasteiger partial charge is 0.160 e. The first-order valence-corrected chi connectivity index (χ1v) is 23.4. The van der Waals surface area contributed by atoms with Crippen LogP contribution in [-0.4, -0.2) is 29.9 Å². The van der Waals surface area contributed by atoms with Gasteiger partial charge in [0.1, 0.15) is 0 Å². The molecule has 0 aliphatic rings. The Labute approximate surface area is 404 Å². The topological polar surface area (TPSA) is 77.3 Å². The zero-order valence-corrected chi connectivity index (χ0v) is 37.8. The summed E-state index contributed by atoms with van der Waals surface area (Å²) in [5.74, 6) is 1.30. The number of pyridine rings is 2. The van der Waals surface area contributed by atoms with Crippen molar-refractivity contribution < 1.29 is 0 Å². The van der Waals surface area contributed by atoms with Crippen molar-refractivity contribution in [2.24, 2.45) is 0 Å². The largest absolute Gasteiger partial charge is 0.256 e. The van der Waals surface area contributed by atoms with Crippen LogP contribution in [0.5, 0.6) is 0 Å². The highest BCUT2D eigenvalue weighted by Gasteiger charge is 2.16. The highest BCUT2D eigenvalue weighted by atomic mass is 14.9. The highest BCUT2D eigenvalue weighted by molar-refractivity contribution is 5.90. The van der Waals surface area contributed by atoms with E-state index in [0.29, 0.717) is 11.6 Å². The van der Waals surface area contributed by atoms with E-state index < -0.39 is 0 Å². The zero-order valence-electron chi connectivity index (χ0n) is 37.8. The number of fused-ring (bicyclic) bond motifs is 4. The summed E-state index contributed by atoms with van der Waals surface area (Å²) in [5, 5.41) is 6.82. The molecule has 70 heavy (non-hydrogen) atoms. The number of hydrogen-bond donors (Lipinski definition) is 0. The number of hydrogen-bond acceptors (Lipinski definition) is 6. The average molecular weight is 893 g/mol. The van der Waals surface area contributed by atoms with Gasteiger partial charge in [0, 0.05) is 67.7 Å². The van der Waals surface area contributed by atoms with E-state index in [1.54, 1.807) is 0 Å². The van der Waals surface area contributed by atoms with Crippen molar-refractivity contribution in [1.82, 2.24) is 29.9 Å². The molecule has 0 bridgehead atoms. The lowest BCUT2D eigenvalue weighted by Gasteiger charge is -2.13. The van der Waals surface area contributed by atoms with Gasteiger partial charge in [-0.2, -0.15) is 0 Å². The van der Waals surface area contributed by atoms with Gasteiger partial charge in [-0.05, 0) is 87.3 Å². The van der Waals surface area contributed by atoms with Gasteiger partial charge in [0.2, 0.25) is 0 Å². The number of para-hydroxylation sites is 2. The molecular formula is C64H40N6. The van der Waals surface area contributed by atoms with Crippen molar-refractivity contribution in [3.63, 3.8) is 0 Å². The molecule has 326 valence electrons.